The number of ketones is 1. The van der Waals surface area contributed by atoms with Crippen molar-refractivity contribution in [1.82, 2.24) is 14.7 Å². The minimum atomic E-state index is -1.52. The molecule has 1 aromatic heterocycles. The van der Waals surface area contributed by atoms with Gasteiger partial charge in [0, 0.05) is 22.5 Å². The summed E-state index contributed by atoms with van der Waals surface area (Å²) in [7, 11) is 0. The van der Waals surface area contributed by atoms with Crippen LogP contribution in [0.25, 0.3) is 10.9 Å². The molecule has 8 nitrogen and oxygen atoms in total. The number of alkyl halides is 1. The highest BCUT2D eigenvalue weighted by atomic mass is 79.9. The van der Waals surface area contributed by atoms with E-state index >= 15 is 0 Å². The van der Waals surface area contributed by atoms with Gasteiger partial charge in [0.25, 0.3) is 0 Å². The van der Waals surface area contributed by atoms with Crippen molar-refractivity contribution in [2.45, 2.75) is 58.0 Å². The highest BCUT2D eigenvalue weighted by Gasteiger charge is 2.46. The predicted molar refractivity (Wildman–Crippen MR) is 119 cm³/mol. The topological polar surface area (TPSA) is 90.7 Å². The Balaban J connectivity index is 2.00. The average molecular weight is 533 g/mol. The number of halogens is 3. The Hall–Kier alpha value is -2.20. The second kappa shape index (κ2) is 9.35. The van der Waals surface area contributed by atoms with Gasteiger partial charge in [-0.1, -0.05) is 27.5 Å². The molecular formula is C21H24BrClFN3O5. The van der Waals surface area contributed by atoms with Gasteiger partial charge in [0.05, 0.1) is 29.7 Å². The van der Waals surface area contributed by atoms with Crippen LogP contribution >= 0.6 is 27.5 Å². The molecule has 174 valence electrons. The molecule has 1 aromatic carbocycles. The van der Waals surface area contributed by atoms with Gasteiger partial charge in [0.2, 0.25) is 6.04 Å². The molecule has 1 saturated heterocycles. The van der Waals surface area contributed by atoms with Crippen molar-refractivity contribution >= 4 is 56.3 Å². The van der Waals surface area contributed by atoms with E-state index in [2.05, 4.69) is 21.0 Å². The van der Waals surface area contributed by atoms with Gasteiger partial charge in [0.1, 0.15) is 11.8 Å². The van der Waals surface area contributed by atoms with Crippen LogP contribution in [0.3, 0.4) is 0 Å². The van der Waals surface area contributed by atoms with E-state index in [1.165, 1.54) is 6.20 Å². The normalized spacial score (nSPS) is 19.8. The number of carbonyl (C=O) groups is 3. The highest BCUT2D eigenvalue weighted by Crippen LogP contribution is 2.31. The number of ether oxygens (including phenoxy) is 2. The summed E-state index contributed by atoms with van der Waals surface area (Å²) in [5.41, 5.74) is -0.381. The number of rotatable bonds is 5. The first-order valence-electron chi connectivity index (χ1n) is 10.1. The number of fused-ring (bicyclic) bond motifs is 1. The lowest BCUT2D eigenvalue weighted by Gasteiger charge is -2.29. The maximum atomic E-state index is 14.3. The Morgan fingerprint density at radius 1 is 1.34 bits per heavy atom. The van der Waals surface area contributed by atoms with Gasteiger partial charge in [0.15, 0.2) is 5.78 Å². The van der Waals surface area contributed by atoms with Crippen molar-refractivity contribution in [3.63, 3.8) is 0 Å². The average Bonchev–Trinajstić information content (AvgIpc) is 3.24. The second-order valence-corrected chi connectivity index (χ2v) is 9.79. The summed E-state index contributed by atoms with van der Waals surface area (Å²) in [5, 5.41) is 5.23. The third kappa shape index (κ3) is 5.23. The fourth-order valence-electron chi connectivity index (χ4n) is 3.53. The third-order valence-electron chi connectivity index (χ3n) is 4.81. The molecule has 2 heterocycles. The lowest BCUT2D eigenvalue weighted by molar-refractivity contribution is -0.152. The standard InChI is InChI=1S/C21H24BrClFN3O5/c1-5-31-19(29)17(27-10-13-14(23)6-11(22)7-15(13)25-27)18(28)16-8-12(24)9-26(16)20(30)32-21(2,3)4/h6-7,10,12,16-17H,5,8-9H2,1-4H3/t12-,16+,17?/m1/s1. The molecule has 11 heteroatoms. The number of hydrogen-bond donors (Lipinski definition) is 0. The largest absolute Gasteiger partial charge is 0.464 e. The molecule has 0 spiro atoms. The van der Waals surface area contributed by atoms with Crippen LogP contribution < -0.4 is 0 Å². The molecule has 32 heavy (non-hydrogen) atoms. The van der Waals surface area contributed by atoms with Crippen LogP contribution in [0.4, 0.5) is 9.18 Å². The Bertz CT molecular complexity index is 1050. The van der Waals surface area contributed by atoms with E-state index in [1.54, 1.807) is 39.8 Å². The minimum Gasteiger partial charge on any atom is -0.464 e. The molecule has 0 saturated carbocycles. The maximum absolute atomic E-state index is 14.3. The van der Waals surface area contributed by atoms with E-state index in [9.17, 15) is 18.8 Å². The van der Waals surface area contributed by atoms with E-state index in [1.807, 2.05) is 0 Å². The molecule has 3 rings (SSSR count). The number of likely N-dealkylation sites (tertiary alicyclic amines) is 1. The molecule has 1 aliphatic heterocycles. The summed E-state index contributed by atoms with van der Waals surface area (Å²) < 4.78 is 26.6. The number of Topliss-reactive ketones (excluding diaryl/α,β-unsaturated/α-hetero) is 1. The first-order chi connectivity index (χ1) is 14.9. The molecule has 1 fully saturated rings. The van der Waals surface area contributed by atoms with Crippen LogP contribution in [0.1, 0.15) is 40.2 Å². The Morgan fingerprint density at radius 3 is 2.66 bits per heavy atom. The van der Waals surface area contributed by atoms with Crippen molar-refractivity contribution in [2.24, 2.45) is 0 Å². The van der Waals surface area contributed by atoms with E-state index in [4.69, 9.17) is 21.1 Å². The zero-order chi connectivity index (χ0) is 23.8. The number of aromatic nitrogens is 2. The van der Waals surface area contributed by atoms with Gasteiger partial charge < -0.3 is 9.47 Å². The molecular weight excluding hydrogens is 509 g/mol. The van der Waals surface area contributed by atoms with Crippen LogP contribution in [-0.4, -0.2) is 63.5 Å². The van der Waals surface area contributed by atoms with Crippen molar-refractivity contribution in [2.75, 3.05) is 13.2 Å². The van der Waals surface area contributed by atoms with Crippen LogP contribution in [0.2, 0.25) is 5.02 Å². The predicted octanol–water partition coefficient (Wildman–Crippen LogP) is 4.47. The van der Waals surface area contributed by atoms with Gasteiger partial charge in [-0.15, -0.1) is 0 Å². The molecule has 0 radical (unpaired) electrons. The highest BCUT2D eigenvalue weighted by molar-refractivity contribution is 9.10. The van der Waals surface area contributed by atoms with E-state index < -0.39 is 41.7 Å². The van der Waals surface area contributed by atoms with Crippen LogP contribution in [0.5, 0.6) is 0 Å². The zero-order valence-corrected chi connectivity index (χ0v) is 20.4. The number of hydrogen-bond acceptors (Lipinski definition) is 6. The Labute approximate surface area is 198 Å². The van der Waals surface area contributed by atoms with Crippen LogP contribution in [0, 0.1) is 0 Å². The quantitative estimate of drug-likeness (QED) is 0.417. The fraction of sp³-hybridized carbons (Fsp3) is 0.524. The summed E-state index contributed by atoms with van der Waals surface area (Å²) >= 11 is 9.60. The number of carbonyl (C=O) groups excluding carboxylic acids is 3. The lowest BCUT2D eigenvalue weighted by Crippen LogP contribution is -2.47. The van der Waals surface area contributed by atoms with Crippen molar-refractivity contribution in [3.05, 3.63) is 27.8 Å². The smallest absolute Gasteiger partial charge is 0.411 e. The molecule has 0 bridgehead atoms. The van der Waals surface area contributed by atoms with Crippen molar-refractivity contribution < 1.29 is 28.2 Å². The van der Waals surface area contributed by atoms with Crippen molar-refractivity contribution in [3.8, 4) is 0 Å². The summed E-state index contributed by atoms with van der Waals surface area (Å²) in [6.45, 7) is 6.34. The molecule has 2 aromatic rings. The number of benzene rings is 1. The first kappa shape index (κ1) is 24.4. The van der Waals surface area contributed by atoms with Gasteiger partial charge in [-0.2, -0.15) is 5.10 Å². The van der Waals surface area contributed by atoms with Crippen molar-refractivity contribution in [1.29, 1.82) is 0 Å². The molecule has 1 unspecified atom stereocenters. The summed E-state index contributed by atoms with van der Waals surface area (Å²) in [6.07, 6.45) is -1.04. The van der Waals surface area contributed by atoms with Crippen LogP contribution in [-0.2, 0) is 19.1 Å². The summed E-state index contributed by atoms with van der Waals surface area (Å²) in [6, 6.07) is 0.623. The Morgan fingerprint density at radius 2 is 2.03 bits per heavy atom. The van der Waals surface area contributed by atoms with Gasteiger partial charge in [-0.05, 0) is 39.8 Å². The minimum absolute atomic E-state index is 0.0297. The third-order valence-corrected chi connectivity index (χ3v) is 5.58. The van der Waals surface area contributed by atoms with Crippen LogP contribution in [0.15, 0.2) is 22.8 Å². The molecule has 0 N–H and O–H groups in total. The monoisotopic (exact) mass is 531 g/mol. The number of nitrogens with zero attached hydrogens (tertiary/aromatic N) is 3. The molecule has 1 aliphatic rings. The number of esters is 1. The van der Waals surface area contributed by atoms with Gasteiger partial charge in [-0.3, -0.25) is 9.69 Å². The van der Waals surface area contributed by atoms with E-state index in [-0.39, 0.29) is 19.6 Å². The summed E-state index contributed by atoms with van der Waals surface area (Å²) in [5.74, 6) is -1.57. The maximum Gasteiger partial charge on any atom is 0.411 e. The zero-order valence-electron chi connectivity index (χ0n) is 18.1. The lowest BCUT2D eigenvalue weighted by atomic mass is 10.0. The number of amides is 1. The van der Waals surface area contributed by atoms with Gasteiger partial charge in [-0.25, -0.2) is 18.7 Å². The second-order valence-electron chi connectivity index (χ2n) is 8.47. The van der Waals surface area contributed by atoms with E-state index in [0.29, 0.717) is 20.4 Å². The summed E-state index contributed by atoms with van der Waals surface area (Å²) in [4.78, 5) is 39.9. The molecule has 1 amide bonds. The molecule has 3 atom stereocenters. The fourth-order valence-corrected chi connectivity index (χ4v) is 4.37. The van der Waals surface area contributed by atoms with E-state index in [0.717, 1.165) is 9.58 Å². The SMILES string of the molecule is CCOC(=O)C(C(=O)[C@@H]1C[C@@H](F)CN1C(=O)OC(C)(C)C)n1cc2c(Cl)cc(Br)cc2n1. The molecule has 0 aliphatic carbocycles. The van der Waals surface area contributed by atoms with Gasteiger partial charge >= 0.3 is 12.1 Å². The first-order valence-corrected chi connectivity index (χ1v) is 11.3. The Kier molecular flexibility index (Phi) is 7.14.